The minimum absolute atomic E-state index is 0.103. The van der Waals surface area contributed by atoms with E-state index in [0.717, 1.165) is 12.0 Å². The van der Waals surface area contributed by atoms with E-state index < -0.39 is 24.2 Å². The van der Waals surface area contributed by atoms with Crippen molar-refractivity contribution in [3.63, 3.8) is 0 Å². The highest BCUT2D eigenvalue weighted by molar-refractivity contribution is 5.80. The Morgan fingerprint density at radius 3 is 2.79 bits per heavy atom. The van der Waals surface area contributed by atoms with Gasteiger partial charge >= 0.3 is 6.09 Å². The average Bonchev–Trinajstić information content (AvgIpc) is 2.60. The predicted molar refractivity (Wildman–Crippen MR) is 87.1 cm³/mol. The molecule has 0 radical (unpaired) electrons. The molecular formula is C17H24N2O5. The van der Waals surface area contributed by atoms with Gasteiger partial charge in [-0.2, -0.15) is 0 Å². The van der Waals surface area contributed by atoms with E-state index in [-0.39, 0.29) is 26.1 Å². The van der Waals surface area contributed by atoms with E-state index in [2.05, 4.69) is 5.32 Å². The van der Waals surface area contributed by atoms with Crippen LogP contribution in [-0.2, 0) is 16.1 Å². The molecule has 24 heavy (non-hydrogen) atoms. The third-order valence-corrected chi connectivity index (χ3v) is 3.89. The Labute approximate surface area is 141 Å². The molecule has 1 aromatic rings. The fourth-order valence-electron chi connectivity index (χ4n) is 2.57. The number of β-amino-alcohol motifs (C(OH)–C–C–N with tert-alkyl or cyclic N) is 1. The Bertz CT molecular complexity index is 537. The number of rotatable bonds is 6. The smallest absolute Gasteiger partial charge is 0.407 e. The number of nitrogens with zero attached hydrogens (tertiary/aromatic N) is 1. The molecule has 2 amide bonds. The molecule has 2 atom stereocenters. The lowest BCUT2D eigenvalue weighted by Gasteiger charge is -2.31. The van der Waals surface area contributed by atoms with Crippen LogP contribution in [0.25, 0.3) is 0 Å². The number of aliphatic hydroxyl groups is 2. The fourth-order valence-corrected chi connectivity index (χ4v) is 2.57. The van der Waals surface area contributed by atoms with Crippen molar-refractivity contribution in [1.29, 1.82) is 0 Å². The van der Waals surface area contributed by atoms with E-state index in [4.69, 9.17) is 4.74 Å². The van der Waals surface area contributed by atoms with Crippen LogP contribution < -0.4 is 5.32 Å². The first-order chi connectivity index (χ1) is 11.6. The van der Waals surface area contributed by atoms with Gasteiger partial charge in [0.1, 0.15) is 12.7 Å². The van der Waals surface area contributed by atoms with Crippen molar-refractivity contribution in [1.82, 2.24) is 10.2 Å². The van der Waals surface area contributed by atoms with Crippen LogP contribution in [0.5, 0.6) is 0 Å². The van der Waals surface area contributed by atoms with Gasteiger partial charge in [0.25, 0.3) is 5.91 Å². The standard InChI is InChI=1S/C17H24N2O5/c20-14-7-4-10-19(11-14)16(22)15(21)8-9-18-17(23)24-12-13-5-2-1-3-6-13/h1-3,5-6,14-15,20-21H,4,7-12H2,(H,18,23)/t14-,15+/m1/s1. The van der Waals surface area contributed by atoms with Gasteiger partial charge < -0.3 is 25.2 Å². The first-order valence-corrected chi connectivity index (χ1v) is 8.15. The van der Waals surface area contributed by atoms with Crippen LogP contribution in [-0.4, -0.2) is 59.0 Å². The lowest BCUT2D eigenvalue weighted by molar-refractivity contribution is -0.143. The van der Waals surface area contributed by atoms with Crippen LogP contribution in [0.1, 0.15) is 24.8 Å². The van der Waals surface area contributed by atoms with Crippen LogP contribution >= 0.6 is 0 Å². The highest BCUT2D eigenvalue weighted by Crippen LogP contribution is 2.11. The summed E-state index contributed by atoms with van der Waals surface area (Å²) < 4.78 is 5.04. The summed E-state index contributed by atoms with van der Waals surface area (Å²) in [4.78, 5) is 25.1. The number of benzene rings is 1. The van der Waals surface area contributed by atoms with E-state index >= 15 is 0 Å². The summed E-state index contributed by atoms with van der Waals surface area (Å²) in [5.41, 5.74) is 0.881. The lowest BCUT2D eigenvalue weighted by Crippen LogP contribution is -2.47. The van der Waals surface area contributed by atoms with Gasteiger partial charge in [-0.1, -0.05) is 30.3 Å². The highest BCUT2D eigenvalue weighted by Gasteiger charge is 2.26. The summed E-state index contributed by atoms with van der Waals surface area (Å²) in [6.07, 6.45) is -0.804. The van der Waals surface area contributed by atoms with Crippen LogP contribution in [0.4, 0.5) is 4.79 Å². The average molecular weight is 336 g/mol. The molecule has 0 aliphatic carbocycles. The highest BCUT2D eigenvalue weighted by atomic mass is 16.5. The summed E-state index contributed by atoms with van der Waals surface area (Å²) >= 11 is 0. The Kier molecular flexibility index (Phi) is 7.02. The van der Waals surface area contributed by atoms with Crippen molar-refractivity contribution in [3.05, 3.63) is 35.9 Å². The number of carbonyl (C=O) groups excluding carboxylic acids is 2. The van der Waals surface area contributed by atoms with E-state index in [0.29, 0.717) is 13.0 Å². The minimum Gasteiger partial charge on any atom is -0.445 e. The number of piperidine rings is 1. The Morgan fingerprint density at radius 2 is 2.08 bits per heavy atom. The number of aliphatic hydroxyl groups excluding tert-OH is 2. The topological polar surface area (TPSA) is 99.1 Å². The van der Waals surface area contributed by atoms with Crippen molar-refractivity contribution >= 4 is 12.0 Å². The summed E-state index contributed by atoms with van der Waals surface area (Å²) in [7, 11) is 0. The Hall–Kier alpha value is -2.12. The number of nitrogens with one attached hydrogen (secondary N) is 1. The second-order valence-electron chi connectivity index (χ2n) is 5.87. The molecule has 1 aromatic carbocycles. The molecule has 7 heteroatoms. The maximum atomic E-state index is 12.1. The van der Waals surface area contributed by atoms with Crippen molar-refractivity contribution in [3.8, 4) is 0 Å². The zero-order valence-electron chi connectivity index (χ0n) is 13.6. The molecule has 2 rings (SSSR count). The van der Waals surface area contributed by atoms with Crippen molar-refractivity contribution in [2.45, 2.75) is 38.1 Å². The number of amides is 2. The Morgan fingerprint density at radius 1 is 1.33 bits per heavy atom. The summed E-state index contributed by atoms with van der Waals surface area (Å²) in [6.45, 7) is 1.10. The van der Waals surface area contributed by atoms with Crippen LogP contribution in [0.2, 0.25) is 0 Å². The number of ether oxygens (including phenoxy) is 1. The third kappa shape index (κ3) is 5.82. The van der Waals surface area contributed by atoms with E-state index in [1.807, 2.05) is 30.3 Å². The number of hydrogen-bond acceptors (Lipinski definition) is 5. The molecule has 0 bridgehead atoms. The molecule has 1 fully saturated rings. The van der Waals surface area contributed by atoms with Gasteiger partial charge in [0, 0.05) is 19.6 Å². The lowest BCUT2D eigenvalue weighted by atomic mass is 10.1. The molecule has 0 aromatic heterocycles. The van der Waals surface area contributed by atoms with E-state index in [1.165, 1.54) is 4.90 Å². The van der Waals surface area contributed by atoms with Gasteiger partial charge in [-0.3, -0.25) is 4.79 Å². The van der Waals surface area contributed by atoms with Gasteiger partial charge in [0.05, 0.1) is 6.10 Å². The van der Waals surface area contributed by atoms with Crippen molar-refractivity contribution in [2.75, 3.05) is 19.6 Å². The monoisotopic (exact) mass is 336 g/mol. The number of likely N-dealkylation sites (tertiary alicyclic amines) is 1. The predicted octanol–water partition coefficient (Wildman–Crippen LogP) is 0.647. The Balaban J connectivity index is 1.63. The molecule has 7 nitrogen and oxygen atoms in total. The van der Waals surface area contributed by atoms with Gasteiger partial charge in [-0.15, -0.1) is 0 Å². The van der Waals surface area contributed by atoms with Gasteiger partial charge in [-0.05, 0) is 24.8 Å². The van der Waals surface area contributed by atoms with Crippen LogP contribution in [0.3, 0.4) is 0 Å². The quantitative estimate of drug-likeness (QED) is 0.708. The zero-order valence-corrected chi connectivity index (χ0v) is 13.6. The first kappa shape index (κ1) is 18.2. The van der Waals surface area contributed by atoms with Gasteiger partial charge in [0.2, 0.25) is 0 Å². The summed E-state index contributed by atoms with van der Waals surface area (Å²) in [6, 6.07) is 9.29. The molecule has 0 unspecified atom stereocenters. The largest absolute Gasteiger partial charge is 0.445 e. The number of carbonyl (C=O) groups is 2. The van der Waals surface area contributed by atoms with Crippen LogP contribution in [0, 0.1) is 0 Å². The maximum absolute atomic E-state index is 12.1. The van der Waals surface area contributed by atoms with Crippen molar-refractivity contribution < 1.29 is 24.5 Å². The molecule has 0 saturated carbocycles. The normalized spacial score (nSPS) is 18.8. The molecular weight excluding hydrogens is 312 g/mol. The summed E-state index contributed by atoms with van der Waals surface area (Å²) in [5, 5.41) is 22.0. The number of alkyl carbamates (subject to hydrolysis) is 1. The third-order valence-electron chi connectivity index (χ3n) is 3.89. The second-order valence-corrected chi connectivity index (χ2v) is 5.87. The van der Waals surface area contributed by atoms with Crippen molar-refractivity contribution in [2.24, 2.45) is 0 Å². The minimum atomic E-state index is -1.19. The number of hydrogen-bond donors (Lipinski definition) is 3. The van der Waals surface area contributed by atoms with Gasteiger partial charge in [-0.25, -0.2) is 4.79 Å². The second kappa shape index (κ2) is 9.24. The molecule has 1 aliphatic heterocycles. The zero-order chi connectivity index (χ0) is 17.4. The molecule has 1 aliphatic rings. The first-order valence-electron chi connectivity index (χ1n) is 8.15. The summed E-state index contributed by atoms with van der Waals surface area (Å²) in [5.74, 6) is -0.409. The van der Waals surface area contributed by atoms with Crippen LogP contribution in [0.15, 0.2) is 30.3 Å². The molecule has 3 N–H and O–H groups in total. The van der Waals surface area contributed by atoms with Gasteiger partial charge in [0.15, 0.2) is 0 Å². The fraction of sp³-hybridized carbons (Fsp3) is 0.529. The molecule has 1 heterocycles. The molecule has 1 saturated heterocycles. The van der Waals surface area contributed by atoms with E-state index in [9.17, 15) is 19.8 Å². The SMILES string of the molecule is O=C(NCC[C@H](O)C(=O)N1CCC[C@@H](O)C1)OCc1ccccc1. The molecule has 0 spiro atoms. The molecule has 132 valence electrons. The van der Waals surface area contributed by atoms with E-state index in [1.54, 1.807) is 0 Å². The maximum Gasteiger partial charge on any atom is 0.407 e.